The van der Waals surface area contributed by atoms with Gasteiger partial charge >= 0.3 is 0 Å². The van der Waals surface area contributed by atoms with Crippen molar-refractivity contribution in [3.8, 4) is 5.75 Å². The molecule has 0 aromatic heterocycles. The van der Waals surface area contributed by atoms with Crippen LogP contribution in [0.2, 0.25) is 0 Å². The molecule has 1 aliphatic heterocycles. The van der Waals surface area contributed by atoms with Crippen molar-refractivity contribution in [3.63, 3.8) is 0 Å². The van der Waals surface area contributed by atoms with E-state index >= 15 is 0 Å². The molecular weight excluding hydrogens is 304 g/mol. The standard InChI is InChI=1S/C15H24N2O4S/c1-12-10-14(4-5-15(12)20-3)22(18,19)16-13(2)11-17-6-8-21-9-7-17/h4-5,10,13,16H,6-9,11H2,1-3H3/t13-/m0/s1. The number of benzene rings is 1. The molecule has 1 aromatic carbocycles. The molecule has 0 bridgehead atoms. The summed E-state index contributed by atoms with van der Waals surface area (Å²) in [7, 11) is -1.95. The van der Waals surface area contributed by atoms with Gasteiger partial charge in [0.2, 0.25) is 10.0 Å². The average Bonchev–Trinajstić information content (AvgIpc) is 2.47. The van der Waals surface area contributed by atoms with Crippen molar-refractivity contribution in [3.05, 3.63) is 23.8 Å². The molecular formula is C15H24N2O4S. The fourth-order valence-corrected chi connectivity index (χ4v) is 3.88. The molecule has 7 heteroatoms. The van der Waals surface area contributed by atoms with E-state index in [4.69, 9.17) is 9.47 Å². The number of nitrogens with one attached hydrogen (secondary N) is 1. The largest absolute Gasteiger partial charge is 0.496 e. The third kappa shape index (κ3) is 4.42. The van der Waals surface area contributed by atoms with Crippen LogP contribution in [0, 0.1) is 6.92 Å². The Morgan fingerprint density at radius 1 is 1.36 bits per heavy atom. The molecule has 124 valence electrons. The van der Waals surface area contributed by atoms with Gasteiger partial charge in [-0.05, 0) is 37.6 Å². The molecule has 0 aliphatic carbocycles. The van der Waals surface area contributed by atoms with Crippen LogP contribution in [-0.4, -0.2) is 59.3 Å². The Morgan fingerprint density at radius 2 is 2.05 bits per heavy atom. The van der Waals surface area contributed by atoms with Gasteiger partial charge in [-0.2, -0.15) is 0 Å². The number of aryl methyl sites for hydroxylation is 1. The van der Waals surface area contributed by atoms with E-state index in [1.807, 2.05) is 13.8 Å². The second kappa shape index (κ2) is 7.41. The summed E-state index contributed by atoms with van der Waals surface area (Å²) in [5.74, 6) is 0.681. The molecule has 1 heterocycles. The lowest BCUT2D eigenvalue weighted by molar-refractivity contribution is 0.0354. The Balaban J connectivity index is 2.01. The maximum Gasteiger partial charge on any atom is 0.240 e. The van der Waals surface area contributed by atoms with Crippen molar-refractivity contribution in [2.24, 2.45) is 0 Å². The fraction of sp³-hybridized carbons (Fsp3) is 0.600. The molecule has 0 spiro atoms. The predicted octanol–water partition coefficient (Wildman–Crippen LogP) is 1.00. The Morgan fingerprint density at radius 3 is 2.64 bits per heavy atom. The highest BCUT2D eigenvalue weighted by atomic mass is 32.2. The monoisotopic (exact) mass is 328 g/mol. The lowest BCUT2D eigenvalue weighted by Crippen LogP contribution is -2.45. The first kappa shape index (κ1) is 17.2. The zero-order chi connectivity index (χ0) is 16.2. The van der Waals surface area contributed by atoms with Crippen LogP contribution in [0.15, 0.2) is 23.1 Å². The number of ether oxygens (including phenoxy) is 2. The van der Waals surface area contributed by atoms with Crippen molar-refractivity contribution in [2.45, 2.75) is 24.8 Å². The number of hydrogen-bond acceptors (Lipinski definition) is 5. The van der Waals surface area contributed by atoms with Crippen LogP contribution < -0.4 is 9.46 Å². The van der Waals surface area contributed by atoms with Crippen molar-refractivity contribution < 1.29 is 17.9 Å². The van der Waals surface area contributed by atoms with Gasteiger partial charge in [0.1, 0.15) is 5.75 Å². The van der Waals surface area contributed by atoms with Crippen LogP contribution in [0.4, 0.5) is 0 Å². The van der Waals surface area contributed by atoms with Gasteiger partial charge < -0.3 is 9.47 Å². The molecule has 1 aromatic rings. The Bertz CT molecular complexity index is 598. The summed E-state index contributed by atoms with van der Waals surface area (Å²) >= 11 is 0. The molecule has 0 radical (unpaired) electrons. The zero-order valence-electron chi connectivity index (χ0n) is 13.3. The molecule has 1 saturated heterocycles. The van der Waals surface area contributed by atoms with Crippen LogP contribution >= 0.6 is 0 Å². The average molecular weight is 328 g/mol. The van der Waals surface area contributed by atoms with Crippen molar-refractivity contribution in [2.75, 3.05) is 40.0 Å². The highest BCUT2D eigenvalue weighted by Crippen LogP contribution is 2.21. The summed E-state index contributed by atoms with van der Waals surface area (Å²) in [5.41, 5.74) is 0.797. The minimum absolute atomic E-state index is 0.162. The summed E-state index contributed by atoms with van der Waals surface area (Å²) in [5, 5.41) is 0. The molecule has 0 unspecified atom stereocenters. The van der Waals surface area contributed by atoms with E-state index in [9.17, 15) is 8.42 Å². The smallest absolute Gasteiger partial charge is 0.240 e. The minimum atomic E-state index is -3.52. The third-order valence-corrected chi connectivity index (χ3v) is 5.26. The molecule has 1 N–H and O–H groups in total. The normalized spacial score (nSPS) is 18.1. The van der Waals surface area contributed by atoms with Crippen molar-refractivity contribution >= 4 is 10.0 Å². The van der Waals surface area contributed by atoms with Gasteiger partial charge in [-0.15, -0.1) is 0 Å². The maximum absolute atomic E-state index is 12.4. The van der Waals surface area contributed by atoms with Crippen LogP contribution in [0.3, 0.4) is 0 Å². The lowest BCUT2D eigenvalue weighted by Gasteiger charge is -2.29. The summed E-state index contributed by atoms with van der Waals surface area (Å²) < 4.78 is 38.1. The van der Waals surface area contributed by atoms with Gasteiger partial charge in [-0.25, -0.2) is 13.1 Å². The van der Waals surface area contributed by atoms with Crippen LogP contribution in [0.25, 0.3) is 0 Å². The quantitative estimate of drug-likeness (QED) is 0.844. The molecule has 1 atom stereocenters. The minimum Gasteiger partial charge on any atom is -0.496 e. The zero-order valence-corrected chi connectivity index (χ0v) is 14.1. The van der Waals surface area contributed by atoms with E-state index in [-0.39, 0.29) is 10.9 Å². The molecule has 1 aliphatic rings. The maximum atomic E-state index is 12.4. The molecule has 0 amide bonds. The fourth-order valence-electron chi connectivity index (χ4n) is 2.56. The van der Waals surface area contributed by atoms with E-state index < -0.39 is 10.0 Å². The van der Waals surface area contributed by atoms with E-state index in [2.05, 4.69) is 9.62 Å². The van der Waals surface area contributed by atoms with Crippen LogP contribution in [0.5, 0.6) is 5.75 Å². The summed E-state index contributed by atoms with van der Waals surface area (Å²) in [6.07, 6.45) is 0. The highest BCUT2D eigenvalue weighted by molar-refractivity contribution is 7.89. The molecule has 0 saturated carbocycles. The Kier molecular flexibility index (Phi) is 5.80. The number of sulfonamides is 1. The van der Waals surface area contributed by atoms with Gasteiger partial charge in [-0.1, -0.05) is 0 Å². The first-order valence-electron chi connectivity index (χ1n) is 7.39. The second-order valence-corrected chi connectivity index (χ2v) is 7.28. The van der Waals surface area contributed by atoms with Crippen molar-refractivity contribution in [1.29, 1.82) is 0 Å². The molecule has 6 nitrogen and oxygen atoms in total. The topological polar surface area (TPSA) is 67.9 Å². The van der Waals surface area contributed by atoms with Gasteiger partial charge in [0, 0.05) is 25.7 Å². The number of hydrogen-bond donors (Lipinski definition) is 1. The number of rotatable bonds is 6. The number of nitrogens with zero attached hydrogens (tertiary/aromatic N) is 1. The Hall–Kier alpha value is -1.15. The summed E-state index contributed by atoms with van der Waals surface area (Å²) in [4.78, 5) is 2.47. The molecule has 2 rings (SSSR count). The SMILES string of the molecule is COc1ccc(S(=O)(=O)N[C@@H](C)CN2CCOCC2)cc1C. The molecule has 1 fully saturated rings. The predicted molar refractivity (Wildman–Crippen MR) is 84.8 cm³/mol. The summed E-state index contributed by atoms with van der Waals surface area (Å²) in [6.45, 7) is 7.48. The number of morpholine rings is 1. The van der Waals surface area contributed by atoms with Gasteiger partial charge in [0.05, 0.1) is 25.2 Å². The summed E-state index contributed by atoms with van der Waals surface area (Å²) in [6, 6.07) is 4.71. The number of methoxy groups -OCH3 is 1. The first-order valence-corrected chi connectivity index (χ1v) is 8.88. The Labute approximate surface area is 132 Å². The van der Waals surface area contributed by atoms with E-state index in [1.165, 1.54) is 0 Å². The van der Waals surface area contributed by atoms with E-state index in [0.717, 1.165) is 18.7 Å². The van der Waals surface area contributed by atoms with Gasteiger partial charge in [-0.3, -0.25) is 4.90 Å². The lowest BCUT2D eigenvalue weighted by atomic mass is 10.2. The van der Waals surface area contributed by atoms with Crippen LogP contribution in [-0.2, 0) is 14.8 Å². The van der Waals surface area contributed by atoms with Gasteiger partial charge in [0.15, 0.2) is 0 Å². The first-order chi connectivity index (χ1) is 10.4. The third-order valence-electron chi connectivity index (χ3n) is 3.67. The highest BCUT2D eigenvalue weighted by Gasteiger charge is 2.21. The van der Waals surface area contributed by atoms with Crippen molar-refractivity contribution in [1.82, 2.24) is 9.62 Å². The molecule has 22 heavy (non-hydrogen) atoms. The van der Waals surface area contributed by atoms with E-state index in [0.29, 0.717) is 25.5 Å². The second-order valence-electron chi connectivity index (χ2n) is 5.57. The van der Waals surface area contributed by atoms with E-state index in [1.54, 1.807) is 25.3 Å². The van der Waals surface area contributed by atoms with Gasteiger partial charge in [0.25, 0.3) is 0 Å². The van der Waals surface area contributed by atoms with Crippen LogP contribution in [0.1, 0.15) is 12.5 Å².